The van der Waals surface area contributed by atoms with Crippen LogP contribution in [-0.2, 0) is 9.59 Å². The molecule has 0 bridgehead atoms. The monoisotopic (exact) mass is 420 g/mol. The summed E-state index contributed by atoms with van der Waals surface area (Å²) in [5.41, 5.74) is 2.21. The molecule has 31 heavy (non-hydrogen) atoms. The molecule has 2 aliphatic heterocycles. The molecule has 0 radical (unpaired) electrons. The SMILES string of the molecule is COc1ccc(N2C(=O)C[C@H](N3CCC(n4c(=O)[nH]c5ccccc54)CC3)C2=O)cc1. The quantitative estimate of drug-likeness (QED) is 0.655. The van der Waals surface area contributed by atoms with Gasteiger partial charge in [0.15, 0.2) is 0 Å². The highest BCUT2D eigenvalue weighted by molar-refractivity contribution is 6.22. The van der Waals surface area contributed by atoms with Crippen molar-refractivity contribution in [2.75, 3.05) is 25.1 Å². The lowest BCUT2D eigenvalue weighted by Crippen LogP contribution is -2.46. The first-order chi connectivity index (χ1) is 15.1. The third-order valence-corrected chi connectivity index (χ3v) is 6.38. The molecular weight excluding hydrogens is 396 g/mol. The Morgan fingerprint density at radius 2 is 1.68 bits per heavy atom. The zero-order valence-electron chi connectivity index (χ0n) is 17.3. The van der Waals surface area contributed by atoms with Crippen molar-refractivity contribution in [1.29, 1.82) is 0 Å². The molecular formula is C23H24N4O4. The Labute approximate surface area is 179 Å². The van der Waals surface area contributed by atoms with E-state index >= 15 is 0 Å². The fourth-order valence-corrected chi connectivity index (χ4v) is 4.80. The molecule has 0 spiro atoms. The van der Waals surface area contributed by atoms with Gasteiger partial charge in [0, 0.05) is 19.1 Å². The summed E-state index contributed by atoms with van der Waals surface area (Å²) in [4.78, 5) is 44.5. The van der Waals surface area contributed by atoms with E-state index in [-0.39, 0.29) is 30.0 Å². The lowest BCUT2D eigenvalue weighted by Gasteiger charge is -2.35. The van der Waals surface area contributed by atoms with Gasteiger partial charge in [-0.15, -0.1) is 0 Å². The van der Waals surface area contributed by atoms with E-state index in [4.69, 9.17) is 4.74 Å². The molecule has 3 aromatic rings. The number of hydrogen-bond donors (Lipinski definition) is 1. The van der Waals surface area contributed by atoms with Crippen molar-refractivity contribution in [1.82, 2.24) is 14.5 Å². The van der Waals surface area contributed by atoms with Gasteiger partial charge >= 0.3 is 5.69 Å². The van der Waals surface area contributed by atoms with Crippen molar-refractivity contribution in [2.45, 2.75) is 31.3 Å². The van der Waals surface area contributed by atoms with E-state index in [0.29, 0.717) is 24.5 Å². The van der Waals surface area contributed by atoms with Crippen molar-refractivity contribution in [3.05, 3.63) is 59.0 Å². The third-order valence-electron chi connectivity index (χ3n) is 6.38. The van der Waals surface area contributed by atoms with Crippen LogP contribution in [0.25, 0.3) is 11.0 Å². The molecule has 3 heterocycles. The van der Waals surface area contributed by atoms with Gasteiger partial charge in [-0.05, 0) is 49.2 Å². The van der Waals surface area contributed by atoms with Crippen LogP contribution in [0, 0.1) is 0 Å². The Balaban J connectivity index is 1.30. The number of carbonyl (C=O) groups excluding carboxylic acids is 2. The first-order valence-electron chi connectivity index (χ1n) is 10.5. The van der Waals surface area contributed by atoms with Gasteiger partial charge in [0.05, 0.1) is 36.3 Å². The minimum Gasteiger partial charge on any atom is -0.497 e. The second kappa shape index (κ2) is 7.70. The summed E-state index contributed by atoms with van der Waals surface area (Å²) in [6.45, 7) is 1.33. The molecule has 2 amide bonds. The molecule has 0 saturated carbocycles. The van der Waals surface area contributed by atoms with Crippen LogP contribution in [0.4, 0.5) is 5.69 Å². The molecule has 8 nitrogen and oxygen atoms in total. The predicted molar refractivity (Wildman–Crippen MR) is 116 cm³/mol. The molecule has 2 saturated heterocycles. The van der Waals surface area contributed by atoms with Crippen LogP contribution in [0.3, 0.4) is 0 Å². The van der Waals surface area contributed by atoms with E-state index in [1.807, 2.05) is 28.8 Å². The second-order valence-electron chi connectivity index (χ2n) is 8.07. The van der Waals surface area contributed by atoms with Crippen molar-refractivity contribution in [3.63, 3.8) is 0 Å². The van der Waals surface area contributed by atoms with Gasteiger partial charge in [-0.25, -0.2) is 9.69 Å². The van der Waals surface area contributed by atoms with E-state index in [0.717, 1.165) is 23.9 Å². The van der Waals surface area contributed by atoms with Crippen LogP contribution in [0.5, 0.6) is 5.75 Å². The number of aromatic amines is 1. The number of methoxy groups -OCH3 is 1. The number of imide groups is 1. The first kappa shape index (κ1) is 19.6. The predicted octanol–water partition coefficient (Wildman–Crippen LogP) is 2.31. The number of H-pyrrole nitrogens is 1. The third kappa shape index (κ3) is 3.33. The molecule has 0 aliphatic carbocycles. The molecule has 1 aromatic heterocycles. The number of benzene rings is 2. The lowest BCUT2D eigenvalue weighted by molar-refractivity contribution is -0.123. The summed E-state index contributed by atoms with van der Waals surface area (Å²) in [5.74, 6) is 0.307. The number of fused-ring (bicyclic) bond motifs is 1. The number of para-hydroxylation sites is 2. The van der Waals surface area contributed by atoms with Crippen molar-refractivity contribution in [2.24, 2.45) is 0 Å². The van der Waals surface area contributed by atoms with Crippen LogP contribution in [0.1, 0.15) is 25.3 Å². The molecule has 0 unspecified atom stereocenters. The maximum atomic E-state index is 13.1. The molecule has 1 N–H and O–H groups in total. The van der Waals surface area contributed by atoms with Crippen LogP contribution < -0.4 is 15.3 Å². The zero-order valence-corrected chi connectivity index (χ0v) is 17.3. The summed E-state index contributed by atoms with van der Waals surface area (Å²) in [6, 6.07) is 14.3. The maximum Gasteiger partial charge on any atom is 0.326 e. The van der Waals surface area contributed by atoms with E-state index in [2.05, 4.69) is 9.88 Å². The topological polar surface area (TPSA) is 87.6 Å². The Hall–Kier alpha value is -3.39. The van der Waals surface area contributed by atoms with Gasteiger partial charge in [-0.2, -0.15) is 0 Å². The zero-order chi connectivity index (χ0) is 21.5. The van der Waals surface area contributed by atoms with Gasteiger partial charge in [0.2, 0.25) is 5.91 Å². The van der Waals surface area contributed by atoms with E-state index < -0.39 is 6.04 Å². The van der Waals surface area contributed by atoms with Gasteiger partial charge < -0.3 is 9.72 Å². The number of amides is 2. The first-order valence-corrected chi connectivity index (χ1v) is 10.5. The smallest absolute Gasteiger partial charge is 0.326 e. The number of imidazole rings is 1. The minimum absolute atomic E-state index is 0.0739. The summed E-state index contributed by atoms with van der Waals surface area (Å²) in [5, 5.41) is 0. The fourth-order valence-electron chi connectivity index (χ4n) is 4.80. The van der Waals surface area contributed by atoms with Crippen LogP contribution in [0.2, 0.25) is 0 Å². The van der Waals surface area contributed by atoms with E-state index in [1.165, 1.54) is 4.90 Å². The molecule has 8 heteroatoms. The molecule has 2 aliphatic rings. The second-order valence-corrected chi connectivity index (χ2v) is 8.07. The number of rotatable bonds is 4. The Bertz CT molecular complexity index is 1190. The Morgan fingerprint density at radius 1 is 0.968 bits per heavy atom. The molecule has 160 valence electrons. The fraction of sp³-hybridized carbons (Fsp3) is 0.348. The van der Waals surface area contributed by atoms with E-state index in [9.17, 15) is 14.4 Å². The van der Waals surface area contributed by atoms with Crippen LogP contribution >= 0.6 is 0 Å². The molecule has 5 rings (SSSR count). The number of likely N-dealkylation sites (tertiary alicyclic amines) is 1. The molecule has 2 aromatic carbocycles. The standard InChI is InChI=1S/C23H24N4O4/c1-31-17-8-6-15(7-9-17)27-21(28)14-20(22(27)29)25-12-10-16(11-13-25)26-19-5-3-2-4-18(19)24-23(26)30/h2-9,16,20H,10-14H2,1H3,(H,24,30)/t20-/m0/s1. The van der Waals surface area contributed by atoms with E-state index in [1.54, 1.807) is 31.4 Å². The number of anilines is 1. The normalized spacial score (nSPS) is 20.7. The van der Waals surface area contributed by atoms with Crippen LogP contribution in [0.15, 0.2) is 53.3 Å². The molecule has 1 atom stereocenters. The maximum absolute atomic E-state index is 13.1. The van der Waals surface area contributed by atoms with Gasteiger partial charge in [0.25, 0.3) is 5.91 Å². The van der Waals surface area contributed by atoms with Gasteiger partial charge in [-0.3, -0.25) is 19.1 Å². The van der Waals surface area contributed by atoms with Crippen LogP contribution in [-0.4, -0.2) is 52.5 Å². The van der Waals surface area contributed by atoms with Gasteiger partial charge in [-0.1, -0.05) is 12.1 Å². The highest BCUT2D eigenvalue weighted by Gasteiger charge is 2.43. The average molecular weight is 420 g/mol. The summed E-state index contributed by atoms with van der Waals surface area (Å²) < 4.78 is 6.99. The highest BCUT2D eigenvalue weighted by atomic mass is 16.5. The average Bonchev–Trinajstić information content (AvgIpc) is 3.29. The number of nitrogens with zero attached hydrogens (tertiary/aromatic N) is 3. The minimum atomic E-state index is -0.449. The Kier molecular flexibility index (Phi) is 4.86. The van der Waals surface area contributed by atoms with Gasteiger partial charge in [0.1, 0.15) is 5.75 Å². The number of carbonyl (C=O) groups is 2. The van der Waals surface area contributed by atoms with Crippen molar-refractivity contribution < 1.29 is 14.3 Å². The number of piperidine rings is 1. The summed E-state index contributed by atoms with van der Waals surface area (Å²) >= 11 is 0. The summed E-state index contributed by atoms with van der Waals surface area (Å²) in [6.07, 6.45) is 1.69. The van der Waals surface area contributed by atoms with Crippen molar-refractivity contribution >= 4 is 28.5 Å². The molecule has 2 fully saturated rings. The highest BCUT2D eigenvalue weighted by Crippen LogP contribution is 2.31. The Morgan fingerprint density at radius 3 is 2.39 bits per heavy atom. The number of nitrogens with one attached hydrogen (secondary N) is 1. The number of aromatic nitrogens is 2. The number of ether oxygens (including phenoxy) is 1. The van der Waals surface area contributed by atoms with Crippen molar-refractivity contribution in [3.8, 4) is 5.75 Å². The largest absolute Gasteiger partial charge is 0.497 e. The number of hydrogen-bond acceptors (Lipinski definition) is 5. The lowest BCUT2D eigenvalue weighted by atomic mass is 10.0. The summed E-state index contributed by atoms with van der Waals surface area (Å²) in [7, 11) is 1.57.